The first kappa shape index (κ1) is 16.4. The van der Waals surface area contributed by atoms with Crippen molar-refractivity contribution in [3.05, 3.63) is 0 Å². The summed E-state index contributed by atoms with van der Waals surface area (Å²) in [7, 11) is 1.62. The number of hydrogen-bond donors (Lipinski definition) is 3. The Hall–Kier alpha value is -1.63. The van der Waals surface area contributed by atoms with Crippen LogP contribution in [-0.2, 0) is 19.1 Å². The summed E-state index contributed by atoms with van der Waals surface area (Å²) >= 11 is 0. The zero-order valence-corrected chi connectivity index (χ0v) is 10.5. The van der Waals surface area contributed by atoms with Crippen molar-refractivity contribution in [3.8, 4) is 0 Å². The van der Waals surface area contributed by atoms with Gasteiger partial charge in [0.15, 0.2) is 0 Å². The molecule has 0 rings (SSSR count). The fraction of sp³-hybridized carbons (Fsp3) is 0.727. The van der Waals surface area contributed by atoms with Crippen LogP contribution in [0, 0.1) is 0 Å². The Balaban J connectivity index is 3.67. The minimum absolute atomic E-state index is 0.0715. The van der Waals surface area contributed by atoms with E-state index >= 15 is 0 Å². The van der Waals surface area contributed by atoms with Crippen molar-refractivity contribution >= 4 is 18.3 Å². The topological polar surface area (TPSA) is 105 Å². The van der Waals surface area contributed by atoms with E-state index in [1.807, 2.05) is 0 Å². The van der Waals surface area contributed by atoms with Crippen molar-refractivity contribution in [1.82, 2.24) is 10.6 Å². The van der Waals surface area contributed by atoms with Crippen molar-refractivity contribution in [3.63, 3.8) is 0 Å². The molecule has 104 valence electrons. The van der Waals surface area contributed by atoms with E-state index in [0.717, 1.165) is 12.8 Å². The first-order chi connectivity index (χ1) is 8.61. The molecule has 0 aromatic heterocycles. The zero-order valence-electron chi connectivity index (χ0n) is 10.5. The van der Waals surface area contributed by atoms with E-state index in [4.69, 9.17) is 9.84 Å². The summed E-state index contributed by atoms with van der Waals surface area (Å²) in [6.45, 7) is 1.20. The molecule has 0 bridgehead atoms. The summed E-state index contributed by atoms with van der Waals surface area (Å²) in [5.74, 6) is -1.36. The second kappa shape index (κ2) is 10.5. The summed E-state index contributed by atoms with van der Waals surface area (Å²) < 4.78 is 4.86. The quantitative estimate of drug-likeness (QED) is 0.343. The number of methoxy groups -OCH3 is 1. The van der Waals surface area contributed by atoms with Crippen LogP contribution in [0.5, 0.6) is 0 Å². The Kier molecular flexibility index (Phi) is 9.57. The lowest BCUT2D eigenvalue weighted by atomic mass is 10.1. The molecule has 3 N–H and O–H groups in total. The first-order valence-electron chi connectivity index (χ1n) is 5.80. The van der Waals surface area contributed by atoms with E-state index in [0.29, 0.717) is 19.6 Å². The number of amides is 2. The molecule has 7 nitrogen and oxygen atoms in total. The number of nitrogens with one attached hydrogen (secondary N) is 2. The van der Waals surface area contributed by atoms with Crippen LogP contribution in [0.15, 0.2) is 0 Å². The molecular weight excluding hydrogens is 240 g/mol. The number of carboxylic acids is 1. The fourth-order valence-electron chi connectivity index (χ4n) is 1.32. The van der Waals surface area contributed by atoms with Crippen LogP contribution in [0.3, 0.4) is 0 Å². The van der Waals surface area contributed by atoms with Gasteiger partial charge in [-0.3, -0.25) is 9.59 Å². The molecule has 2 amide bonds. The van der Waals surface area contributed by atoms with Gasteiger partial charge in [0, 0.05) is 26.7 Å². The maximum atomic E-state index is 11.4. The molecule has 0 heterocycles. The third-order valence-electron chi connectivity index (χ3n) is 2.32. The molecule has 0 aliphatic rings. The molecule has 1 unspecified atom stereocenters. The van der Waals surface area contributed by atoms with Gasteiger partial charge >= 0.3 is 5.97 Å². The lowest BCUT2D eigenvalue weighted by Gasteiger charge is -2.10. The van der Waals surface area contributed by atoms with Gasteiger partial charge in [0.05, 0.1) is 0 Å². The van der Waals surface area contributed by atoms with Gasteiger partial charge in [-0.05, 0) is 19.3 Å². The smallest absolute Gasteiger partial charge is 0.326 e. The van der Waals surface area contributed by atoms with Gasteiger partial charge in [-0.1, -0.05) is 0 Å². The molecule has 0 spiro atoms. The zero-order chi connectivity index (χ0) is 13.8. The van der Waals surface area contributed by atoms with E-state index in [1.54, 1.807) is 7.11 Å². The van der Waals surface area contributed by atoms with Gasteiger partial charge in [0.2, 0.25) is 12.3 Å². The molecule has 7 heteroatoms. The van der Waals surface area contributed by atoms with Crippen LogP contribution in [0.1, 0.15) is 25.7 Å². The molecule has 0 fully saturated rings. The summed E-state index contributed by atoms with van der Waals surface area (Å²) in [6, 6.07) is -1.01. The molecular formula is C11H20N2O5. The molecule has 1 atom stereocenters. The third kappa shape index (κ3) is 8.51. The molecule has 0 aromatic carbocycles. The number of aliphatic carboxylic acids is 1. The number of carboxylic acid groups (broad SMARTS) is 1. The fourth-order valence-corrected chi connectivity index (χ4v) is 1.32. The van der Waals surface area contributed by atoms with Gasteiger partial charge < -0.3 is 20.5 Å². The first-order valence-corrected chi connectivity index (χ1v) is 5.80. The van der Waals surface area contributed by atoms with Crippen LogP contribution >= 0.6 is 0 Å². The monoisotopic (exact) mass is 260 g/mol. The highest BCUT2D eigenvalue weighted by Crippen LogP contribution is 1.97. The molecule has 0 radical (unpaired) electrons. The highest BCUT2D eigenvalue weighted by Gasteiger charge is 2.17. The van der Waals surface area contributed by atoms with Gasteiger partial charge in [0.25, 0.3) is 0 Å². The number of hydrogen-bond acceptors (Lipinski definition) is 4. The van der Waals surface area contributed by atoms with E-state index in [-0.39, 0.29) is 18.7 Å². The Morgan fingerprint density at radius 1 is 1.39 bits per heavy atom. The highest BCUT2D eigenvalue weighted by atomic mass is 16.5. The van der Waals surface area contributed by atoms with E-state index in [9.17, 15) is 14.4 Å². The number of carbonyl (C=O) groups excluding carboxylic acids is 2. The van der Waals surface area contributed by atoms with Crippen LogP contribution in [0.25, 0.3) is 0 Å². The summed E-state index contributed by atoms with van der Waals surface area (Å²) in [6.07, 6.45) is 2.15. The Bertz CT molecular complexity index is 270. The average molecular weight is 260 g/mol. The standard InChI is InChI=1S/C11H20N2O5/c1-18-7-3-2-6-12-10(15)5-4-9(11(16)17)13-8-14/h8-9H,2-7H2,1H3,(H,12,15)(H,13,14)(H,16,17). The second-order valence-corrected chi connectivity index (χ2v) is 3.76. The number of carbonyl (C=O) groups is 3. The minimum atomic E-state index is -1.14. The maximum absolute atomic E-state index is 11.4. The Morgan fingerprint density at radius 3 is 2.67 bits per heavy atom. The molecule has 0 aliphatic heterocycles. The van der Waals surface area contributed by atoms with Crippen LogP contribution in [0.4, 0.5) is 0 Å². The lowest BCUT2D eigenvalue weighted by Crippen LogP contribution is -2.37. The van der Waals surface area contributed by atoms with Gasteiger partial charge in [0.1, 0.15) is 6.04 Å². The predicted octanol–water partition coefficient (Wildman–Crippen LogP) is -0.491. The molecule has 18 heavy (non-hydrogen) atoms. The van der Waals surface area contributed by atoms with Crippen molar-refractivity contribution < 1.29 is 24.2 Å². The summed E-state index contributed by atoms with van der Waals surface area (Å²) in [5, 5.41) is 13.5. The van der Waals surface area contributed by atoms with Crippen LogP contribution in [0.2, 0.25) is 0 Å². The largest absolute Gasteiger partial charge is 0.480 e. The van der Waals surface area contributed by atoms with Gasteiger partial charge in [-0.2, -0.15) is 0 Å². The Morgan fingerprint density at radius 2 is 2.11 bits per heavy atom. The summed E-state index contributed by atoms with van der Waals surface area (Å²) in [4.78, 5) is 32.2. The van der Waals surface area contributed by atoms with Gasteiger partial charge in [-0.25, -0.2) is 4.79 Å². The SMILES string of the molecule is COCCCCNC(=O)CCC(NC=O)C(=O)O. The van der Waals surface area contributed by atoms with Gasteiger partial charge in [-0.15, -0.1) is 0 Å². The van der Waals surface area contributed by atoms with Crippen LogP contribution < -0.4 is 10.6 Å². The molecule has 0 saturated carbocycles. The lowest BCUT2D eigenvalue weighted by molar-refractivity contribution is -0.140. The molecule has 0 aliphatic carbocycles. The summed E-state index contributed by atoms with van der Waals surface area (Å²) in [5.41, 5.74) is 0. The Labute approximate surface area is 106 Å². The second-order valence-electron chi connectivity index (χ2n) is 3.76. The highest BCUT2D eigenvalue weighted by molar-refractivity contribution is 5.79. The third-order valence-corrected chi connectivity index (χ3v) is 2.32. The number of ether oxygens (including phenoxy) is 1. The molecule has 0 saturated heterocycles. The minimum Gasteiger partial charge on any atom is -0.480 e. The van der Waals surface area contributed by atoms with Crippen molar-refractivity contribution in [2.24, 2.45) is 0 Å². The maximum Gasteiger partial charge on any atom is 0.326 e. The van der Waals surface area contributed by atoms with E-state index in [1.165, 1.54) is 0 Å². The predicted molar refractivity (Wildman–Crippen MR) is 64.0 cm³/mol. The van der Waals surface area contributed by atoms with Crippen molar-refractivity contribution in [2.45, 2.75) is 31.7 Å². The van der Waals surface area contributed by atoms with Crippen molar-refractivity contribution in [1.29, 1.82) is 0 Å². The normalized spacial score (nSPS) is 11.6. The number of rotatable bonds is 11. The van der Waals surface area contributed by atoms with Crippen molar-refractivity contribution in [2.75, 3.05) is 20.3 Å². The van der Waals surface area contributed by atoms with E-state index < -0.39 is 12.0 Å². The number of unbranched alkanes of at least 4 members (excludes halogenated alkanes) is 1. The van der Waals surface area contributed by atoms with Crippen LogP contribution in [-0.4, -0.2) is 49.7 Å². The van der Waals surface area contributed by atoms with E-state index in [2.05, 4.69) is 10.6 Å². The average Bonchev–Trinajstić information content (AvgIpc) is 2.33. The molecule has 0 aromatic rings.